The standard InChI is InChI=1S/C15H22N2O2/c1-4-14(18)17-10-15(2,3)19-13-6-5-11(7-8-16)9-12(13)17/h5-6,9H,4,7-8,10,16H2,1-3H3. The number of amides is 1. The normalized spacial score (nSPS) is 16.7. The van der Waals surface area contributed by atoms with Crippen LogP contribution in [0.4, 0.5) is 5.69 Å². The van der Waals surface area contributed by atoms with Gasteiger partial charge in [0.1, 0.15) is 11.4 Å². The summed E-state index contributed by atoms with van der Waals surface area (Å²) in [5.74, 6) is 0.904. The molecule has 1 aromatic carbocycles. The van der Waals surface area contributed by atoms with E-state index in [9.17, 15) is 4.79 Å². The van der Waals surface area contributed by atoms with Crippen molar-refractivity contribution in [3.8, 4) is 5.75 Å². The number of carbonyl (C=O) groups is 1. The summed E-state index contributed by atoms with van der Waals surface area (Å²) >= 11 is 0. The van der Waals surface area contributed by atoms with Crippen LogP contribution in [-0.2, 0) is 11.2 Å². The molecule has 0 fully saturated rings. The van der Waals surface area contributed by atoms with E-state index < -0.39 is 0 Å². The van der Waals surface area contributed by atoms with Crippen LogP contribution in [0.15, 0.2) is 18.2 Å². The van der Waals surface area contributed by atoms with Gasteiger partial charge in [0.25, 0.3) is 0 Å². The van der Waals surface area contributed by atoms with Gasteiger partial charge in [-0.25, -0.2) is 0 Å². The number of nitrogens with two attached hydrogens (primary N) is 1. The predicted molar refractivity (Wildman–Crippen MR) is 76.6 cm³/mol. The Balaban J connectivity index is 2.42. The number of hydrogen-bond acceptors (Lipinski definition) is 3. The van der Waals surface area contributed by atoms with Crippen molar-refractivity contribution in [3.63, 3.8) is 0 Å². The molecule has 2 rings (SSSR count). The van der Waals surface area contributed by atoms with Gasteiger partial charge in [-0.05, 0) is 44.5 Å². The third-order valence-corrected chi connectivity index (χ3v) is 3.28. The summed E-state index contributed by atoms with van der Waals surface area (Å²) < 4.78 is 5.95. The lowest BCUT2D eigenvalue weighted by molar-refractivity contribution is -0.119. The fourth-order valence-corrected chi connectivity index (χ4v) is 2.39. The average Bonchev–Trinajstić information content (AvgIpc) is 2.37. The molecule has 0 aromatic heterocycles. The number of anilines is 1. The van der Waals surface area contributed by atoms with Gasteiger partial charge in [-0.1, -0.05) is 13.0 Å². The molecule has 1 aromatic rings. The molecule has 0 aliphatic carbocycles. The number of ether oxygens (including phenoxy) is 1. The van der Waals surface area contributed by atoms with E-state index in [1.807, 2.05) is 43.9 Å². The topological polar surface area (TPSA) is 55.6 Å². The highest BCUT2D eigenvalue weighted by atomic mass is 16.5. The molecular weight excluding hydrogens is 240 g/mol. The zero-order valence-corrected chi connectivity index (χ0v) is 11.9. The molecule has 4 heteroatoms. The Morgan fingerprint density at radius 3 is 2.84 bits per heavy atom. The minimum atomic E-state index is -0.354. The summed E-state index contributed by atoms with van der Waals surface area (Å²) in [5, 5.41) is 0. The van der Waals surface area contributed by atoms with Crippen LogP contribution in [0, 0.1) is 0 Å². The van der Waals surface area contributed by atoms with Crippen LogP contribution >= 0.6 is 0 Å². The first-order chi connectivity index (χ1) is 8.96. The van der Waals surface area contributed by atoms with Crippen molar-refractivity contribution in [1.82, 2.24) is 0 Å². The molecule has 0 atom stereocenters. The van der Waals surface area contributed by atoms with Crippen molar-refractivity contribution >= 4 is 11.6 Å². The molecule has 1 aliphatic rings. The Bertz CT molecular complexity index is 483. The molecule has 0 unspecified atom stereocenters. The fraction of sp³-hybridized carbons (Fsp3) is 0.533. The summed E-state index contributed by atoms with van der Waals surface area (Å²) in [7, 11) is 0. The highest BCUT2D eigenvalue weighted by Crippen LogP contribution is 2.38. The quantitative estimate of drug-likeness (QED) is 0.907. The second-order valence-electron chi connectivity index (χ2n) is 5.54. The van der Waals surface area contributed by atoms with Crippen LogP contribution in [0.1, 0.15) is 32.8 Å². The molecule has 104 valence electrons. The number of nitrogens with zero attached hydrogens (tertiary/aromatic N) is 1. The molecule has 1 aliphatic heterocycles. The average molecular weight is 262 g/mol. The van der Waals surface area contributed by atoms with Crippen molar-refractivity contribution < 1.29 is 9.53 Å². The Kier molecular flexibility index (Phi) is 3.80. The van der Waals surface area contributed by atoms with E-state index in [2.05, 4.69) is 0 Å². The van der Waals surface area contributed by atoms with Crippen LogP contribution in [0.5, 0.6) is 5.75 Å². The number of fused-ring (bicyclic) bond motifs is 1. The van der Waals surface area contributed by atoms with Gasteiger partial charge >= 0.3 is 0 Å². The molecule has 19 heavy (non-hydrogen) atoms. The fourth-order valence-electron chi connectivity index (χ4n) is 2.39. The summed E-state index contributed by atoms with van der Waals surface area (Å²) in [6.07, 6.45) is 1.31. The minimum absolute atomic E-state index is 0.127. The SMILES string of the molecule is CCC(=O)N1CC(C)(C)Oc2ccc(CCN)cc21. The Morgan fingerprint density at radius 1 is 1.47 bits per heavy atom. The number of hydrogen-bond donors (Lipinski definition) is 1. The molecule has 0 saturated heterocycles. The van der Waals surface area contributed by atoms with E-state index >= 15 is 0 Å². The molecular formula is C15H22N2O2. The second kappa shape index (κ2) is 5.21. The van der Waals surface area contributed by atoms with E-state index in [0.29, 0.717) is 19.5 Å². The van der Waals surface area contributed by atoms with Gasteiger partial charge in [-0.3, -0.25) is 4.79 Å². The van der Waals surface area contributed by atoms with E-state index in [-0.39, 0.29) is 11.5 Å². The maximum Gasteiger partial charge on any atom is 0.226 e. The first kappa shape index (κ1) is 13.9. The largest absolute Gasteiger partial charge is 0.484 e. The molecule has 2 N–H and O–H groups in total. The first-order valence-electron chi connectivity index (χ1n) is 6.79. The van der Waals surface area contributed by atoms with Gasteiger partial charge < -0.3 is 15.4 Å². The van der Waals surface area contributed by atoms with Crippen molar-refractivity contribution in [1.29, 1.82) is 0 Å². The molecule has 0 saturated carbocycles. The van der Waals surface area contributed by atoms with Gasteiger partial charge in [-0.15, -0.1) is 0 Å². The Labute approximate surface area is 114 Å². The van der Waals surface area contributed by atoms with Gasteiger partial charge in [0.2, 0.25) is 5.91 Å². The van der Waals surface area contributed by atoms with Crippen molar-refractivity contribution in [2.45, 2.75) is 39.2 Å². The van der Waals surface area contributed by atoms with Crippen molar-refractivity contribution in [2.24, 2.45) is 5.73 Å². The molecule has 4 nitrogen and oxygen atoms in total. The predicted octanol–water partition coefficient (Wildman–Crippen LogP) is 2.10. The maximum absolute atomic E-state index is 12.1. The molecule has 1 heterocycles. The van der Waals surface area contributed by atoms with E-state index in [1.165, 1.54) is 0 Å². The van der Waals surface area contributed by atoms with Crippen LogP contribution < -0.4 is 15.4 Å². The van der Waals surface area contributed by atoms with Crippen molar-refractivity contribution in [3.05, 3.63) is 23.8 Å². The third-order valence-electron chi connectivity index (χ3n) is 3.28. The van der Waals surface area contributed by atoms with Crippen molar-refractivity contribution in [2.75, 3.05) is 18.0 Å². The van der Waals surface area contributed by atoms with E-state index in [1.54, 1.807) is 0 Å². The number of carbonyl (C=O) groups excluding carboxylic acids is 1. The summed E-state index contributed by atoms with van der Waals surface area (Å²) in [6.45, 7) is 7.07. The lowest BCUT2D eigenvalue weighted by atomic mass is 10.0. The number of rotatable bonds is 3. The van der Waals surface area contributed by atoms with Crippen LogP contribution in [-0.4, -0.2) is 24.6 Å². The van der Waals surface area contributed by atoms with E-state index in [4.69, 9.17) is 10.5 Å². The first-order valence-corrected chi connectivity index (χ1v) is 6.79. The van der Waals surface area contributed by atoms with Gasteiger partial charge in [0, 0.05) is 6.42 Å². The summed E-state index contributed by atoms with van der Waals surface area (Å²) in [5.41, 5.74) is 7.24. The third kappa shape index (κ3) is 2.89. The molecule has 0 radical (unpaired) electrons. The van der Waals surface area contributed by atoms with Crippen LogP contribution in [0.2, 0.25) is 0 Å². The molecule has 0 bridgehead atoms. The highest BCUT2D eigenvalue weighted by Gasteiger charge is 2.34. The Hall–Kier alpha value is -1.55. The van der Waals surface area contributed by atoms with Crippen LogP contribution in [0.25, 0.3) is 0 Å². The summed E-state index contributed by atoms with van der Waals surface area (Å²) in [6, 6.07) is 5.98. The second-order valence-corrected chi connectivity index (χ2v) is 5.54. The van der Waals surface area contributed by atoms with Crippen LogP contribution in [0.3, 0.4) is 0 Å². The monoisotopic (exact) mass is 262 g/mol. The van der Waals surface area contributed by atoms with Gasteiger partial charge in [-0.2, -0.15) is 0 Å². The Morgan fingerprint density at radius 2 is 2.21 bits per heavy atom. The van der Waals surface area contributed by atoms with E-state index in [0.717, 1.165) is 23.4 Å². The van der Waals surface area contributed by atoms with Gasteiger partial charge in [0.15, 0.2) is 0 Å². The lowest BCUT2D eigenvalue weighted by Crippen LogP contribution is -2.49. The van der Waals surface area contributed by atoms with Gasteiger partial charge in [0.05, 0.1) is 12.2 Å². The smallest absolute Gasteiger partial charge is 0.226 e. The zero-order chi connectivity index (χ0) is 14.0. The zero-order valence-electron chi connectivity index (χ0n) is 11.9. The molecule has 1 amide bonds. The molecule has 0 spiro atoms. The maximum atomic E-state index is 12.1. The minimum Gasteiger partial charge on any atom is -0.484 e. The summed E-state index contributed by atoms with van der Waals surface area (Å²) in [4.78, 5) is 14.0. The lowest BCUT2D eigenvalue weighted by Gasteiger charge is -2.40. The highest BCUT2D eigenvalue weighted by molar-refractivity contribution is 5.95. The number of benzene rings is 1.